The quantitative estimate of drug-likeness (QED) is 0.318. The van der Waals surface area contributed by atoms with Crippen LogP contribution in [0.5, 0.6) is 0 Å². The summed E-state index contributed by atoms with van der Waals surface area (Å²) in [4.78, 5) is 14.3. The molecule has 3 heterocycles. The van der Waals surface area contributed by atoms with Crippen molar-refractivity contribution in [3.8, 4) is 0 Å². The lowest BCUT2D eigenvalue weighted by molar-refractivity contribution is 0.119. The molecule has 0 bridgehead atoms. The van der Waals surface area contributed by atoms with Crippen molar-refractivity contribution >= 4 is 35.8 Å². The number of anilines is 1. The number of halogens is 1. The normalized spacial score (nSPS) is 22.2. The fraction of sp³-hybridized carbons (Fsp3) is 0.760. The summed E-state index contributed by atoms with van der Waals surface area (Å²) in [6.07, 6.45) is 16.7. The predicted octanol–water partition coefficient (Wildman–Crippen LogP) is 4.54. The zero-order valence-corrected chi connectivity index (χ0v) is 22.2. The van der Waals surface area contributed by atoms with Crippen molar-refractivity contribution in [2.75, 3.05) is 38.1 Å². The van der Waals surface area contributed by atoms with Gasteiger partial charge >= 0.3 is 0 Å². The molecule has 0 spiro atoms. The van der Waals surface area contributed by atoms with Crippen LogP contribution in [-0.2, 0) is 6.54 Å². The van der Waals surface area contributed by atoms with Gasteiger partial charge in [0.25, 0.3) is 0 Å². The van der Waals surface area contributed by atoms with E-state index in [9.17, 15) is 0 Å². The Morgan fingerprint density at radius 3 is 2.34 bits per heavy atom. The second kappa shape index (κ2) is 13.6. The first-order valence-electron chi connectivity index (χ1n) is 12.7. The van der Waals surface area contributed by atoms with Crippen LogP contribution in [0.1, 0.15) is 76.2 Å². The molecule has 7 heteroatoms. The molecule has 2 saturated heterocycles. The molecule has 4 rings (SSSR count). The summed E-state index contributed by atoms with van der Waals surface area (Å²) in [5.74, 6) is 2.04. The third kappa shape index (κ3) is 7.47. The molecule has 1 aromatic rings. The number of nitrogens with one attached hydrogen (secondary N) is 2. The average Bonchev–Trinajstić information content (AvgIpc) is 3.13. The molecule has 0 radical (unpaired) electrons. The van der Waals surface area contributed by atoms with Gasteiger partial charge in [0.05, 0.1) is 0 Å². The van der Waals surface area contributed by atoms with Gasteiger partial charge in [-0.2, -0.15) is 0 Å². The molecule has 3 fully saturated rings. The molecule has 0 atom stereocenters. The Hall–Kier alpha value is -1.09. The molecule has 1 aromatic heterocycles. The van der Waals surface area contributed by atoms with Crippen LogP contribution in [0.3, 0.4) is 0 Å². The maximum Gasteiger partial charge on any atom is 0.191 e. The Balaban J connectivity index is 0.00000289. The summed E-state index contributed by atoms with van der Waals surface area (Å²) in [6, 6.07) is 5.73. The summed E-state index contributed by atoms with van der Waals surface area (Å²) in [5, 5.41) is 7.20. The largest absolute Gasteiger partial charge is 0.357 e. The number of hydrogen-bond acceptors (Lipinski definition) is 4. The van der Waals surface area contributed by atoms with Crippen LogP contribution in [0.25, 0.3) is 0 Å². The van der Waals surface area contributed by atoms with Crippen molar-refractivity contribution in [1.82, 2.24) is 20.5 Å². The van der Waals surface area contributed by atoms with Crippen LogP contribution >= 0.6 is 24.0 Å². The second-order valence-corrected chi connectivity index (χ2v) is 9.60. The van der Waals surface area contributed by atoms with Crippen LogP contribution in [0, 0.1) is 0 Å². The Bertz CT molecular complexity index is 689. The smallest absolute Gasteiger partial charge is 0.191 e. The van der Waals surface area contributed by atoms with E-state index in [2.05, 4.69) is 42.5 Å². The number of guanidine groups is 1. The van der Waals surface area contributed by atoms with Crippen LogP contribution in [0.2, 0.25) is 0 Å². The maximum absolute atomic E-state index is 4.64. The van der Waals surface area contributed by atoms with E-state index in [1.165, 1.54) is 89.3 Å². The van der Waals surface area contributed by atoms with Gasteiger partial charge in [-0.1, -0.05) is 32.1 Å². The van der Waals surface area contributed by atoms with Gasteiger partial charge < -0.3 is 20.4 Å². The fourth-order valence-corrected chi connectivity index (χ4v) is 5.47. The van der Waals surface area contributed by atoms with Gasteiger partial charge in [-0.3, -0.25) is 4.99 Å². The zero-order valence-electron chi connectivity index (χ0n) is 19.9. The lowest BCUT2D eigenvalue weighted by atomic mass is 9.92. The molecule has 1 aliphatic carbocycles. The number of hydrogen-bond donors (Lipinski definition) is 2. The predicted molar refractivity (Wildman–Crippen MR) is 145 cm³/mol. The second-order valence-electron chi connectivity index (χ2n) is 9.60. The van der Waals surface area contributed by atoms with E-state index in [4.69, 9.17) is 0 Å². The SMILES string of the molecule is CN=C(NCc1ccnc(N2CCCCCC2)c1)NC1CCN(C2CCCCC2)CC1.I. The molecule has 3 aliphatic rings. The summed E-state index contributed by atoms with van der Waals surface area (Å²) >= 11 is 0. The average molecular weight is 555 g/mol. The highest BCUT2D eigenvalue weighted by Gasteiger charge is 2.26. The standard InChI is InChI=1S/C25H42N6.HI/c1-26-25(29-22-12-17-30(18-13-22)23-9-5-4-6-10-23)28-20-21-11-14-27-24(19-21)31-15-7-2-3-8-16-31;/h11,14,19,22-23H,2-10,12-13,15-18,20H2,1H3,(H2,26,28,29);1H. The molecule has 180 valence electrons. The molecule has 1 saturated carbocycles. The Morgan fingerprint density at radius 1 is 0.969 bits per heavy atom. The van der Waals surface area contributed by atoms with Gasteiger partial charge in [-0.05, 0) is 56.2 Å². The van der Waals surface area contributed by atoms with E-state index in [0.29, 0.717) is 6.04 Å². The van der Waals surface area contributed by atoms with Crippen molar-refractivity contribution in [2.45, 2.75) is 89.3 Å². The summed E-state index contributed by atoms with van der Waals surface area (Å²) < 4.78 is 0. The van der Waals surface area contributed by atoms with E-state index in [0.717, 1.165) is 37.5 Å². The number of piperidine rings is 1. The van der Waals surface area contributed by atoms with Crippen molar-refractivity contribution < 1.29 is 0 Å². The van der Waals surface area contributed by atoms with Crippen LogP contribution in [-0.4, -0.2) is 61.2 Å². The number of aromatic nitrogens is 1. The number of nitrogens with zero attached hydrogens (tertiary/aromatic N) is 4. The number of rotatable bonds is 5. The Labute approximate surface area is 212 Å². The highest BCUT2D eigenvalue weighted by molar-refractivity contribution is 14.0. The maximum atomic E-state index is 4.64. The first-order valence-corrected chi connectivity index (χ1v) is 12.7. The lowest BCUT2D eigenvalue weighted by Crippen LogP contribution is -2.50. The number of aliphatic imine (C=N–C) groups is 1. The molecule has 0 amide bonds. The molecule has 0 aromatic carbocycles. The highest BCUT2D eigenvalue weighted by Crippen LogP contribution is 2.25. The van der Waals surface area contributed by atoms with E-state index in [-0.39, 0.29) is 24.0 Å². The monoisotopic (exact) mass is 554 g/mol. The van der Waals surface area contributed by atoms with Crippen molar-refractivity contribution in [1.29, 1.82) is 0 Å². The Morgan fingerprint density at radius 2 is 1.66 bits per heavy atom. The van der Waals surface area contributed by atoms with Gasteiger partial charge in [0.1, 0.15) is 5.82 Å². The molecular weight excluding hydrogens is 511 g/mol. The molecule has 6 nitrogen and oxygen atoms in total. The molecular formula is C25H43IN6. The van der Waals surface area contributed by atoms with E-state index >= 15 is 0 Å². The van der Waals surface area contributed by atoms with Crippen molar-refractivity contribution in [3.63, 3.8) is 0 Å². The van der Waals surface area contributed by atoms with Crippen LogP contribution in [0.4, 0.5) is 5.82 Å². The van der Waals surface area contributed by atoms with Crippen LogP contribution < -0.4 is 15.5 Å². The van der Waals surface area contributed by atoms with E-state index in [1.54, 1.807) is 0 Å². The van der Waals surface area contributed by atoms with Gasteiger partial charge in [-0.25, -0.2) is 4.98 Å². The summed E-state index contributed by atoms with van der Waals surface area (Å²) in [5.41, 5.74) is 1.27. The third-order valence-corrected chi connectivity index (χ3v) is 7.39. The number of likely N-dealkylation sites (tertiary alicyclic amines) is 1. The first-order chi connectivity index (χ1) is 15.3. The third-order valence-electron chi connectivity index (χ3n) is 7.39. The van der Waals surface area contributed by atoms with E-state index < -0.39 is 0 Å². The minimum atomic E-state index is 0. The molecule has 2 N–H and O–H groups in total. The molecule has 2 aliphatic heterocycles. The fourth-order valence-electron chi connectivity index (χ4n) is 5.47. The molecule has 32 heavy (non-hydrogen) atoms. The van der Waals surface area contributed by atoms with Gasteiger partial charge in [0.15, 0.2) is 5.96 Å². The van der Waals surface area contributed by atoms with Crippen LogP contribution in [0.15, 0.2) is 23.3 Å². The van der Waals surface area contributed by atoms with E-state index in [1.807, 2.05) is 13.2 Å². The topological polar surface area (TPSA) is 55.8 Å². The van der Waals surface area contributed by atoms with Gasteiger partial charge in [0, 0.05) is 58.1 Å². The zero-order chi connectivity index (χ0) is 21.3. The van der Waals surface area contributed by atoms with Crippen molar-refractivity contribution in [2.24, 2.45) is 4.99 Å². The number of pyridine rings is 1. The Kier molecular flexibility index (Phi) is 10.8. The summed E-state index contributed by atoms with van der Waals surface area (Å²) in [6.45, 7) is 5.50. The lowest BCUT2D eigenvalue weighted by Gasteiger charge is -2.39. The van der Waals surface area contributed by atoms with Crippen molar-refractivity contribution in [3.05, 3.63) is 23.9 Å². The minimum absolute atomic E-state index is 0. The molecule has 0 unspecified atom stereocenters. The highest BCUT2D eigenvalue weighted by atomic mass is 127. The van der Waals surface area contributed by atoms with Gasteiger partial charge in [0.2, 0.25) is 0 Å². The minimum Gasteiger partial charge on any atom is -0.357 e. The van der Waals surface area contributed by atoms with Gasteiger partial charge in [-0.15, -0.1) is 24.0 Å². The first kappa shape index (κ1) is 25.5. The summed E-state index contributed by atoms with van der Waals surface area (Å²) in [7, 11) is 1.88.